The molecule has 1 aliphatic rings. The number of aromatic nitrogens is 2. The summed E-state index contributed by atoms with van der Waals surface area (Å²) in [6.07, 6.45) is 0. The number of nitrogens with zero attached hydrogens (tertiary/aromatic N) is 4. The Morgan fingerprint density at radius 3 is 2.16 bits per heavy atom. The Morgan fingerprint density at radius 2 is 1.50 bits per heavy atom. The van der Waals surface area contributed by atoms with Crippen LogP contribution in [0.2, 0.25) is 10.0 Å². The fraction of sp³-hybridized carbons (Fsp3) is 0.304. The maximum Gasteiger partial charge on any atom is 0.244 e. The normalized spacial score (nSPS) is 15.2. The van der Waals surface area contributed by atoms with Crippen molar-refractivity contribution in [2.45, 2.75) is 25.7 Å². The smallest absolute Gasteiger partial charge is 0.244 e. The van der Waals surface area contributed by atoms with Crippen molar-refractivity contribution in [1.82, 2.24) is 14.5 Å². The number of aryl methyl sites for hydroxylation is 3. The average molecular weight is 491 g/mol. The molecule has 0 spiro atoms. The van der Waals surface area contributed by atoms with Gasteiger partial charge in [0.05, 0.1) is 10.7 Å². The lowest BCUT2D eigenvalue weighted by Gasteiger charge is -2.34. The van der Waals surface area contributed by atoms with Gasteiger partial charge in [0, 0.05) is 36.8 Å². The largest absolute Gasteiger partial charge is 0.352 e. The van der Waals surface area contributed by atoms with Crippen LogP contribution in [0.15, 0.2) is 47.4 Å². The van der Waals surface area contributed by atoms with E-state index in [1.54, 1.807) is 6.07 Å². The van der Waals surface area contributed by atoms with Crippen molar-refractivity contribution in [1.29, 1.82) is 0 Å². The molecule has 0 unspecified atom stereocenters. The summed E-state index contributed by atoms with van der Waals surface area (Å²) in [5.41, 5.74) is 5.53. The third-order valence-corrected chi connectivity index (χ3v) is 8.46. The van der Waals surface area contributed by atoms with Crippen LogP contribution in [0.4, 0.5) is 5.82 Å². The van der Waals surface area contributed by atoms with Crippen molar-refractivity contribution in [3.8, 4) is 11.3 Å². The first kappa shape index (κ1) is 23.0. The lowest BCUT2D eigenvalue weighted by molar-refractivity contribution is 0.383. The highest BCUT2D eigenvalue weighted by atomic mass is 35.5. The first-order valence-corrected chi connectivity index (χ1v) is 12.5. The fourth-order valence-electron chi connectivity index (χ4n) is 3.85. The summed E-state index contributed by atoms with van der Waals surface area (Å²) in [5, 5.41) is 9.35. The molecule has 1 aliphatic heterocycles. The molecule has 2 heterocycles. The van der Waals surface area contributed by atoms with Crippen molar-refractivity contribution in [3.05, 3.63) is 69.2 Å². The van der Waals surface area contributed by atoms with Crippen molar-refractivity contribution >= 4 is 39.0 Å². The maximum absolute atomic E-state index is 13.0. The molecular formula is C23H24Cl2N4O2S. The zero-order chi connectivity index (χ0) is 23.0. The van der Waals surface area contributed by atoms with E-state index in [1.165, 1.54) is 27.6 Å². The molecule has 2 aromatic carbocycles. The van der Waals surface area contributed by atoms with Gasteiger partial charge in [0.2, 0.25) is 10.0 Å². The minimum atomic E-state index is -3.72. The van der Waals surface area contributed by atoms with Crippen LogP contribution in [0.5, 0.6) is 0 Å². The third kappa shape index (κ3) is 4.48. The lowest BCUT2D eigenvalue weighted by Crippen LogP contribution is -2.49. The summed E-state index contributed by atoms with van der Waals surface area (Å²) in [6.45, 7) is 7.92. The number of rotatable bonds is 4. The highest BCUT2D eigenvalue weighted by Crippen LogP contribution is 2.29. The molecule has 4 rings (SSSR count). The van der Waals surface area contributed by atoms with Crippen LogP contribution >= 0.6 is 23.2 Å². The van der Waals surface area contributed by atoms with Crippen LogP contribution in [0.1, 0.15) is 16.7 Å². The second-order valence-corrected chi connectivity index (χ2v) is 10.7. The Kier molecular flexibility index (Phi) is 6.45. The van der Waals surface area contributed by atoms with Crippen molar-refractivity contribution < 1.29 is 8.42 Å². The highest BCUT2D eigenvalue weighted by Gasteiger charge is 2.30. The number of halogens is 2. The standard InChI is InChI=1S/C23H24Cl2N4O2S/c1-15-12-17(3)19(13-16(15)2)21-6-7-23(27-26-21)28-8-10-29(11-9-28)32(30,31)22-14-18(24)4-5-20(22)25/h4-7,12-14H,8-11H2,1-3H3. The molecule has 0 aliphatic carbocycles. The van der Waals surface area contributed by atoms with Crippen LogP contribution in [0.3, 0.4) is 0 Å². The number of hydrogen-bond acceptors (Lipinski definition) is 5. The number of sulfonamides is 1. The first-order valence-electron chi connectivity index (χ1n) is 10.3. The van der Waals surface area contributed by atoms with Gasteiger partial charge in [-0.2, -0.15) is 4.31 Å². The van der Waals surface area contributed by atoms with Gasteiger partial charge in [0.15, 0.2) is 5.82 Å². The monoisotopic (exact) mass is 490 g/mol. The molecule has 9 heteroatoms. The Bertz CT molecular complexity index is 1260. The maximum atomic E-state index is 13.0. The summed E-state index contributed by atoms with van der Waals surface area (Å²) in [5.74, 6) is 0.730. The number of anilines is 1. The average Bonchev–Trinajstić information content (AvgIpc) is 2.78. The van der Waals surface area contributed by atoms with E-state index in [0.717, 1.165) is 22.6 Å². The highest BCUT2D eigenvalue weighted by molar-refractivity contribution is 7.89. The van der Waals surface area contributed by atoms with Gasteiger partial charge in [-0.15, -0.1) is 10.2 Å². The van der Waals surface area contributed by atoms with Gasteiger partial charge >= 0.3 is 0 Å². The summed E-state index contributed by atoms with van der Waals surface area (Å²) in [6, 6.07) is 12.7. The van der Waals surface area contributed by atoms with Crippen LogP contribution in [-0.4, -0.2) is 49.1 Å². The number of hydrogen-bond donors (Lipinski definition) is 0. The van der Waals surface area contributed by atoms with Gasteiger partial charge in [0.1, 0.15) is 4.90 Å². The van der Waals surface area contributed by atoms with Gasteiger partial charge in [0.25, 0.3) is 0 Å². The third-order valence-electron chi connectivity index (χ3n) is 5.84. The summed E-state index contributed by atoms with van der Waals surface area (Å²) in [4.78, 5) is 2.07. The van der Waals surface area contributed by atoms with E-state index >= 15 is 0 Å². The van der Waals surface area contributed by atoms with Crippen LogP contribution in [-0.2, 0) is 10.0 Å². The SMILES string of the molecule is Cc1cc(C)c(-c2ccc(N3CCN(S(=O)(=O)c4cc(Cl)ccc4Cl)CC3)nn2)cc1C. The Labute approximate surface area is 198 Å². The Balaban J connectivity index is 1.48. The van der Waals surface area contributed by atoms with Gasteiger partial charge in [-0.1, -0.05) is 29.3 Å². The van der Waals surface area contributed by atoms with E-state index in [4.69, 9.17) is 23.2 Å². The molecule has 6 nitrogen and oxygen atoms in total. The molecule has 32 heavy (non-hydrogen) atoms. The Hall–Kier alpha value is -2.19. The molecule has 1 aromatic heterocycles. The van der Waals surface area contributed by atoms with Crippen molar-refractivity contribution in [2.75, 3.05) is 31.1 Å². The number of benzene rings is 2. The van der Waals surface area contributed by atoms with Crippen molar-refractivity contribution in [3.63, 3.8) is 0 Å². The van der Waals surface area contributed by atoms with Crippen LogP contribution < -0.4 is 4.90 Å². The predicted octanol–water partition coefficient (Wildman–Crippen LogP) is 4.89. The molecule has 0 N–H and O–H groups in total. The summed E-state index contributed by atoms with van der Waals surface area (Å²) < 4.78 is 27.5. The minimum absolute atomic E-state index is 0.0352. The zero-order valence-corrected chi connectivity index (χ0v) is 20.5. The molecule has 0 saturated carbocycles. The summed E-state index contributed by atoms with van der Waals surface area (Å²) >= 11 is 12.1. The van der Waals surface area contributed by atoms with Crippen molar-refractivity contribution in [2.24, 2.45) is 0 Å². The Morgan fingerprint density at radius 1 is 0.812 bits per heavy atom. The fourth-order valence-corrected chi connectivity index (χ4v) is 6.00. The molecular weight excluding hydrogens is 467 g/mol. The summed E-state index contributed by atoms with van der Waals surface area (Å²) in [7, 11) is -3.72. The molecule has 1 fully saturated rings. The number of piperazine rings is 1. The van der Waals surface area contributed by atoms with E-state index in [1.807, 2.05) is 17.0 Å². The molecule has 3 aromatic rings. The minimum Gasteiger partial charge on any atom is -0.352 e. The molecule has 1 saturated heterocycles. The van der Waals surface area contributed by atoms with Gasteiger partial charge in [-0.3, -0.25) is 0 Å². The first-order chi connectivity index (χ1) is 15.2. The van der Waals surface area contributed by atoms with Gasteiger partial charge in [-0.05, 0) is 73.9 Å². The predicted molar refractivity (Wildman–Crippen MR) is 129 cm³/mol. The van der Waals surface area contributed by atoms with Crippen LogP contribution in [0, 0.1) is 20.8 Å². The molecule has 0 bridgehead atoms. The van der Waals surface area contributed by atoms with E-state index in [9.17, 15) is 8.42 Å². The second kappa shape index (κ2) is 8.98. The van der Waals surface area contributed by atoms with Gasteiger partial charge < -0.3 is 4.90 Å². The van der Waals surface area contributed by atoms with E-state index in [-0.39, 0.29) is 9.92 Å². The molecule has 0 radical (unpaired) electrons. The molecule has 168 valence electrons. The molecule has 0 atom stereocenters. The van der Waals surface area contributed by atoms with E-state index in [2.05, 4.69) is 43.1 Å². The van der Waals surface area contributed by atoms with Gasteiger partial charge in [-0.25, -0.2) is 8.42 Å². The zero-order valence-electron chi connectivity index (χ0n) is 18.1. The van der Waals surface area contributed by atoms with E-state index in [0.29, 0.717) is 31.2 Å². The second-order valence-electron chi connectivity index (χ2n) is 7.99. The van der Waals surface area contributed by atoms with E-state index < -0.39 is 10.0 Å². The topological polar surface area (TPSA) is 66.4 Å². The molecule has 0 amide bonds. The quantitative estimate of drug-likeness (QED) is 0.520. The lowest BCUT2D eigenvalue weighted by atomic mass is 9.99. The van der Waals surface area contributed by atoms with Crippen LogP contribution in [0.25, 0.3) is 11.3 Å².